The summed E-state index contributed by atoms with van der Waals surface area (Å²) in [5.74, 6) is 0. The Bertz CT molecular complexity index is 198. The maximum atomic E-state index is 5.66. The molecule has 2 nitrogen and oxygen atoms in total. The standard InChI is InChI=1S/C11H19NO/c1-10(2)9-12-6-3-11(4-7-12)5-8-13-11/h1,3-9H2,2H3. The molecular formula is C11H19NO. The summed E-state index contributed by atoms with van der Waals surface area (Å²) in [5, 5.41) is 0. The Morgan fingerprint density at radius 2 is 2.00 bits per heavy atom. The Hall–Kier alpha value is -0.340. The van der Waals surface area contributed by atoms with Gasteiger partial charge in [-0.2, -0.15) is 0 Å². The van der Waals surface area contributed by atoms with Crippen molar-refractivity contribution in [3.05, 3.63) is 12.2 Å². The molecule has 74 valence electrons. The molecule has 2 aliphatic rings. The minimum absolute atomic E-state index is 0.297. The van der Waals surface area contributed by atoms with Crippen LogP contribution in [0.2, 0.25) is 0 Å². The van der Waals surface area contributed by atoms with Crippen molar-refractivity contribution in [3.8, 4) is 0 Å². The Morgan fingerprint density at radius 1 is 1.38 bits per heavy atom. The van der Waals surface area contributed by atoms with Gasteiger partial charge >= 0.3 is 0 Å². The van der Waals surface area contributed by atoms with Crippen LogP contribution in [0.5, 0.6) is 0 Å². The third-order valence-electron chi connectivity index (χ3n) is 3.23. The Balaban J connectivity index is 1.79. The van der Waals surface area contributed by atoms with Crippen LogP contribution in [-0.4, -0.2) is 36.7 Å². The zero-order valence-electron chi connectivity index (χ0n) is 8.51. The number of nitrogens with zero attached hydrogens (tertiary/aromatic N) is 1. The molecule has 0 bridgehead atoms. The first-order valence-corrected chi connectivity index (χ1v) is 5.21. The molecule has 0 radical (unpaired) electrons. The minimum Gasteiger partial charge on any atom is -0.375 e. The summed E-state index contributed by atoms with van der Waals surface area (Å²) in [7, 11) is 0. The highest BCUT2D eigenvalue weighted by atomic mass is 16.5. The quantitative estimate of drug-likeness (QED) is 0.602. The van der Waals surface area contributed by atoms with E-state index in [0.29, 0.717) is 5.60 Å². The first kappa shape index (κ1) is 9.22. The molecule has 2 heteroatoms. The maximum Gasteiger partial charge on any atom is 0.0728 e. The molecule has 0 aromatic carbocycles. The van der Waals surface area contributed by atoms with Gasteiger partial charge in [-0.05, 0) is 26.2 Å². The summed E-state index contributed by atoms with van der Waals surface area (Å²) in [6.07, 6.45) is 3.73. The predicted molar refractivity (Wildman–Crippen MR) is 53.8 cm³/mol. The van der Waals surface area contributed by atoms with Gasteiger partial charge in [0.2, 0.25) is 0 Å². The summed E-state index contributed by atoms with van der Waals surface area (Å²) in [4.78, 5) is 2.48. The second-order valence-corrected chi connectivity index (χ2v) is 4.51. The van der Waals surface area contributed by atoms with Crippen molar-refractivity contribution in [1.29, 1.82) is 0 Å². The van der Waals surface area contributed by atoms with Crippen LogP contribution in [0.15, 0.2) is 12.2 Å². The van der Waals surface area contributed by atoms with Crippen LogP contribution in [-0.2, 0) is 4.74 Å². The lowest BCUT2D eigenvalue weighted by Crippen LogP contribution is -2.52. The molecule has 0 amide bonds. The van der Waals surface area contributed by atoms with Crippen molar-refractivity contribution in [1.82, 2.24) is 4.90 Å². The van der Waals surface area contributed by atoms with Crippen LogP contribution < -0.4 is 0 Å². The lowest BCUT2D eigenvalue weighted by Gasteiger charge is -2.47. The summed E-state index contributed by atoms with van der Waals surface area (Å²) in [5.41, 5.74) is 1.57. The zero-order chi connectivity index (χ0) is 9.31. The number of rotatable bonds is 2. The van der Waals surface area contributed by atoms with Gasteiger partial charge in [0.05, 0.1) is 12.2 Å². The van der Waals surface area contributed by atoms with Gasteiger partial charge in [0.15, 0.2) is 0 Å². The average Bonchev–Trinajstić information content (AvgIpc) is 2.02. The largest absolute Gasteiger partial charge is 0.375 e. The van der Waals surface area contributed by atoms with E-state index in [1.54, 1.807) is 0 Å². The molecule has 0 atom stereocenters. The molecule has 2 fully saturated rings. The maximum absolute atomic E-state index is 5.66. The smallest absolute Gasteiger partial charge is 0.0728 e. The number of hydrogen-bond donors (Lipinski definition) is 0. The highest BCUT2D eigenvalue weighted by Crippen LogP contribution is 2.36. The molecular weight excluding hydrogens is 162 g/mol. The number of piperidine rings is 1. The third-order valence-corrected chi connectivity index (χ3v) is 3.23. The molecule has 2 saturated heterocycles. The molecule has 0 aromatic rings. The molecule has 0 N–H and O–H groups in total. The van der Waals surface area contributed by atoms with Crippen molar-refractivity contribution >= 4 is 0 Å². The van der Waals surface area contributed by atoms with Crippen molar-refractivity contribution in [3.63, 3.8) is 0 Å². The van der Waals surface area contributed by atoms with Gasteiger partial charge in [-0.1, -0.05) is 12.2 Å². The first-order chi connectivity index (χ1) is 6.20. The van der Waals surface area contributed by atoms with E-state index >= 15 is 0 Å². The molecule has 2 aliphatic heterocycles. The van der Waals surface area contributed by atoms with Crippen molar-refractivity contribution in [2.75, 3.05) is 26.2 Å². The van der Waals surface area contributed by atoms with E-state index in [4.69, 9.17) is 4.74 Å². The van der Waals surface area contributed by atoms with Crippen LogP contribution in [0.4, 0.5) is 0 Å². The summed E-state index contributed by atoms with van der Waals surface area (Å²) >= 11 is 0. The van der Waals surface area contributed by atoms with Gasteiger partial charge in [0.25, 0.3) is 0 Å². The van der Waals surface area contributed by atoms with Gasteiger partial charge in [0.1, 0.15) is 0 Å². The fraction of sp³-hybridized carbons (Fsp3) is 0.818. The van der Waals surface area contributed by atoms with Gasteiger partial charge in [-0.15, -0.1) is 0 Å². The Morgan fingerprint density at radius 3 is 2.38 bits per heavy atom. The van der Waals surface area contributed by atoms with Crippen LogP contribution in [0.3, 0.4) is 0 Å². The van der Waals surface area contributed by atoms with Gasteiger partial charge in [-0.25, -0.2) is 0 Å². The van der Waals surface area contributed by atoms with Crippen LogP contribution >= 0.6 is 0 Å². The molecule has 0 unspecified atom stereocenters. The summed E-state index contributed by atoms with van der Waals surface area (Å²) < 4.78 is 5.66. The fourth-order valence-corrected chi connectivity index (χ4v) is 2.29. The average molecular weight is 181 g/mol. The van der Waals surface area contributed by atoms with E-state index in [0.717, 1.165) is 13.2 Å². The van der Waals surface area contributed by atoms with Crippen LogP contribution in [0, 0.1) is 0 Å². The molecule has 2 heterocycles. The van der Waals surface area contributed by atoms with Crippen molar-refractivity contribution < 1.29 is 4.74 Å². The SMILES string of the molecule is C=C(C)CN1CCC2(CCO2)CC1. The van der Waals surface area contributed by atoms with E-state index in [2.05, 4.69) is 18.4 Å². The number of likely N-dealkylation sites (tertiary alicyclic amines) is 1. The van der Waals surface area contributed by atoms with E-state index in [1.165, 1.54) is 37.9 Å². The second kappa shape index (κ2) is 3.43. The topological polar surface area (TPSA) is 12.5 Å². The number of ether oxygens (including phenoxy) is 1. The molecule has 0 aromatic heterocycles. The normalized spacial score (nSPS) is 27.2. The predicted octanol–water partition coefficient (Wildman–Crippen LogP) is 1.82. The highest BCUT2D eigenvalue weighted by molar-refractivity contribution is 4.97. The van der Waals surface area contributed by atoms with Crippen LogP contribution in [0.25, 0.3) is 0 Å². The van der Waals surface area contributed by atoms with E-state index < -0.39 is 0 Å². The second-order valence-electron chi connectivity index (χ2n) is 4.51. The van der Waals surface area contributed by atoms with E-state index in [1.807, 2.05) is 0 Å². The summed E-state index contributed by atoms with van der Waals surface area (Å²) in [6, 6.07) is 0. The van der Waals surface area contributed by atoms with E-state index in [9.17, 15) is 0 Å². The minimum atomic E-state index is 0.297. The van der Waals surface area contributed by atoms with Gasteiger partial charge in [-0.3, -0.25) is 4.90 Å². The van der Waals surface area contributed by atoms with Crippen molar-refractivity contribution in [2.24, 2.45) is 0 Å². The molecule has 0 aliphatic carbocycles. The molecule has 13 heavy (non-hydrogen) atoms. The molecule has 2 rings (SSSR count). The highest BCUT2D eigenvalue weighted by Gasteiger charge is 2.40. The monoisotopic (exact) mass is 181 g/mol. The Kier molecular flexibility index (Phi) is 2.43. The Labute approximate surface area is 80.6 Å². The van der Waals surface area contributed by atoms with Gasteiger partial charge in [0, 0.05) is 19.6 Å². The van der Waals surface area contributed by atoms with Gasteiger partial charge < -0.3 is 4.74 Å². The number of hydrogen-bond acceptors (Lipinski definition) is 2. The fourth-order valence-electron chi connectivity index (χ4n) is 2.29. The lowest BCUT2D eigenvalue weighted by molar-refractivity contribution is -0.172. The molecule has 0 saturated carbocycles. The molecule has 1 spiro atoms. The van der Waals surface area contributed by atoms with Crippen LogP contribution in [0.1, 0.15) is 26.2 Å². The third kappa shape index (κ3) is 1.94. The lowest BCUT2D eigenvalue weighted by atomic mass is 9.84. The van der Waals surface area contributed by atoms with Crippen molar-refractivity contribution in [2.45, 2.75) is 31.8 Å². The summed E-state index contributed by atoms with van der Waals surface area (Å²) in [6.45, 7) is 10.5. The zero-order valence-corrected chi connectivity index (χ0v) is 8.51. The first-order valence-electron chi connectivity index (χ1n) is 5.21. The van der Waals surface area contributed by atoms with E-state index in [-0.39, 0.29) is 0 Å².